The molecule has 0 atom stereocenters. The van der Waals surface area contributed by atoms with Crippen LogP contribution in [0.3, 0.4) is 0 Å². The van der Waals surface area contributed by atoms with E-state index < -0.39 is 0 Å². The molecule has 0 aromatic heterocycles. The largest absolute Gasteiger partial charge is 0.457 e. The van der Waals surface area contributed by atoms with Gasteiger partial charge in [0.25, 0.3) is 0 Å². The van der Waals surface area contributed by atoms with E-state index in [0.717, 1.165) is 17.1 Å². The molecule has 90 valence electrons. The van der Waals surface area contributed by atoms with E-state index in [0.29, 0.717) is 11.6 Å². The highest BCUT2D eigenvalue weighted by molar-refractivity contribution is 6.30. The highest BCUT2D eigenvalue weighted by atomic mass is 35.5. The molecule has 2 aromatic rings. The van der Waals surface area contributed by atoms with E-state index in [4.69, 9.17) is 22.1 Å². The molecule has 0 aliphatic rings. The molecule has 2 aromatic carbocycles. The van der Waals surface area contributed by atoms with Crippen molar-refractivity contribution in [2.75, 3.05) is 0 Å². The van der Waals surface area contributed by atoms with Gasteiger partial charge in [0.15, 0.2) is 0 Å². The van der Waals surface area contributed by atoms with Crippen LogP contribution in [0.15, 0.2) is 48.5 Å². The molecular formula is C13H13Cl2NO. The predicted molar refractivity (Wildman–Crippen MR) is 73.1 cm³/mol. The molecule has 2 nitrogen and oxygen atoms in total. The Morgan fingerprint density at radius 2 is 1.35 bits per heavy atom. The minimum atomic E-state index is 0. The van der Waals surface area contributed by atoms with Crippen molar-refractivity contribution in [3.8, 4) is 11.5 Å². The Morgan fingerprint density at radius 3 is 1.82 bits per heavy atom. The van der Waals surface area contributed by atoms with Gasteiger partial charge in [-0.3, -0.25) is 0 Å². The summed E-state index contributed by atoms with van der Waals surface area (Å²) in [4.78, 5) is 0. The van der Waals surface area contributed by atoms with Gasteiger partial charge in [0, 0.05) is 11.6 Å². The zero-order chi connectivity index (χ0) is 11.4. The van der Waals surface area contributed by atoms with Crippen molar-refractivity contribution in [3.63, 3.8) is 0 Å². The molecule has 0 saturated carbocycles. The lowest BCUT2D eigenvalue weighted by atomic mass is 10.2. The topological polar surface area (TPSA) is 35.2 Å². The normalized spacial score (nSPS) is 9.53. The summed E-state index contributed by atoms with van der Waals surface area (Å²) in [5.41, 5.74) is 6.60. The van der Waals surface area contributed by atoms with Gasteiger partial charge >= 0.3 is 0 Å². The van der Waals surface area contributed by atoms with E-state index in [2.05, 4.69) is 0 Å². The standard InChI is InChI=1S/C13H12ClNO.ClH/c14-11-3-7-13(8-4-11)16-12-5-1-10(9-15)2-6-12;/h1-8H,9,15H2;1H. The summed E-state index contributed by atoms with van der Waals surface area (Å²) < 4.78 is 5.63. The van der Waals surface area contributed by atoms with Crippen LogP contribution in [-0.4, -0.2) is 0 Å². The smallest absolute Gasteiger partial charge is 0.127 e. The van der Waals surface area contributed by atoms with E-state index in [-0.39, 0.29) is 12.4 Å². The third-order valence-corrected chi connectivity index (χ3v) is 2.46. The van der Waals surface area contributed by atoms with Crippen molar-refractivity contribution >= 4 is 24.0 Å². The first kappa shape index (κ1) is 13.8. The first-order valence-corrected chi connectivity index (χ1v) is 5.38. The van der Waals surface area contributed by atoms with Crippen molar-refractivity contribution < 1.29 is 4.74 Å². The van der Waals surface area contributed by atoms with Crippen LogP contribution in [0.2, 0.25) is 5.02 Å². The Morgan fingerprint density at radius 1 is 0.882 bits per heavy atom. The van der Waals surface area contributed by atoms with Gasteiger partial charge in [-0.1, -0.05) is 23.7 Å². The number of hydrogen-bond donors (Lipinski definition) is 1. The van der Waals surface area contributed by atoms with Gasteiger partial charge in [-0.05, 0) is 42.0 Å². The summed E-state index contributed by atoms with van der Waals surface area (Å²) in [7, 11) is 0. The van der Waals surface area contributed by atoms with Crippen LogP contribution in [0.1, 0.15) is 5.56 Å². The number of ether oxygens (including phenoxy) is 1. The minimum Gasteiger partial charge on any atom is -0.457 e. The van der Waals surface area contributed by atoms with Gasteiger partial charge in [0.05, 0.1) is 0 Å². The summed E-state index contributed by atoms with van der Waals surface area (Å²) in [6.45, 7) is 0.543. The van der Waals surface area contributed by atoms with E-state index >= 15 is 0 Å². The Labute approximate surface area is 112 Å². The summed E-state index contributed by atoms with van der Waals surface area (Å²) >= 11 is 5.78. The van der Waals surface area contributed by atoms with Crippen LogP contribution in [0, 0.1) is 0 Å². The van der Waals surface area contributed by atoms with Crippen LogP contribution in [-0.2, 0) is 6.54 Å². The van der Waals surface area contributed by atoms with Gasteiger partial charge in [-0.25, -0.2) is 0 Å². The maximum absolute atomic E-state index is 5.78. The molecule has 0 heterocycles. The third kappa shape index (κ3) is 3.93. The highest BCUT2D eigenvalue weighted by Crippen LogP contribution is 2.23. The summed E-state index contributed by atoms with van der Waals surface area (Å²) in [6, 6.07) is 15.0. The van der Waals surface area contributed by atoms with E-state index in [1.54, 1.807) is 12.1 Å². The van der Waals surface area contributed by atoms with E-state index in [9.17, 15) is 0 Å². The second kappa shape index (κ2) is 6.50. The summed E-state index contributed by atoms with van der Waals surface area (Å²) in [6.07, 6.45) is 0. The van der Waals surface area contributed by atoms with E-state index in [1.165, 1.54) is 0 Å². The number of halogens is 2. The molecule has 17 heavy (non-hydrogen) atoms. The fraction of sp³-hybridized carbons (Fsp3) is 0.0769. The minimum absolute atomic E-state index is 0. The van der Waals surface area contributed by atoms with Crippen molar-refractivity contribution in [2.24, 2.45) is 5.73 Å². The van der Waals surface area contributed by atoms with E-state index in [1.807, 2.05) is 36.4 Å². The zero-order valence-corrected chi connectivity index (χ0v) is 10.7. The molecule has 0 radical (unpaired) electrons. The van der Waals surface area contributed by atoms with Crippen LogP contribution in [0.25, 0.3) is 0 Å². The molecule has 0 saturated heterocycles. The second-order valence-corrected chi connectivity index (χ2v) is 3.84. The van der Waals surface area contributed by atoms with Gasteiger partial charge in [0.2, 0.25) is 0 Å². The molecule has 2 rings (SSSR count). The fourth-order valence-corrected chi connectivity index (χ4v) is 1.46. The molecule has 0 fully saturated rings. The molecule has 2 N–H and O–H groups in total. The Hall–Kier alpha value is -1.22. The Kier molecular flexibility index (Phi) is 5.29. The molecular weight excluding hydrogens is 257 g/mol. The first-order valence-electron chi connectivity index (χ1n) is 5.00. The monoisotopic (exact) mass is 269 g/mol. The lowest BCUT2D eigenvalue weighted by Gasteiger charge is -2.06. The fourth-order valence-electron chi connectivity index (χ4n) is 1.33. The van der Waals surface area contributed by atoms with Crippen molar-refractivity contribution in [2.45, 2.75) is 6.54 Å². The zero-order valence-electron chi connectivity index (χ0n) is 9.10. The summed E-state index contributed by atoms with van der Waals surface area (Å²) in [5, 5.41) is 0.700. The number of rotatable bonds is 3. The van der Waals surface area contributed by atoms with Crippen LogP contribution in [0.4, 0.5) is 0 Å². The van der Waals surface area contributed by atoms with Gasteiger partial charge < -0.3 is 10.5 Å². The van der Waals surface area contributed by atoms with Crippen molar-refractivity contribution in [1.29, 1.82) is 0 Å². The van der Waals surface area contributed by atoms with Gasteiger partial charge in [-0.2, -0.15) is 0 Å². The molecule has 4 heteroatoms. The lowest BCUT2D eigenvalue weighted by Crippen LogP contribution is -1.95. The highest BCUT2D eigenvalue weighted by Gasteiger charge is 1.97. The number of benzene rings is 2. The second-order valence-electron chi connectivity index (χ2n) is 3.40. The quantitative estimate of drug-likeness (QED) is 0.914. The Bertz CT molecular complexity index is 454. The van der Waals surface area contributed by atoms with Gasteiger partial charge in [0.1, 0.15) is 11.5 Å². The lowest BCUT2D eigenvalue weighted by molar-refractivity contribution is 0.482. The average molecular weight is 270 g/mol. The van der Waals surface area contributed by atoms with Crippen LogP contribution in [0.5, 0.6) is 11.5 Å². The molecule has 0 aliphatic heterocycles. The Balaban J connectivity index is 0.00000144. The number of hydrogen-bond acceptors (Lipinski definition) is 2. The first-order chi connectivity index (χ1) is 7.78. The molecule has 0 aliphatic carbocycles. The maximum atomic E-state index is 5.78. The predicted octanol–water partition coefficient (Wildman–Crippen LogP) is 4.01. The van der Waals surface area contributed by atoms with Crippen LogP contribution >= 0.6 is 24.0 Å². The molecule has 0 spiro atoms. The third-order valence-electron chi connectivity index (χ3n) is 2.21. The van der Waals surface area contributed by atoms with Crippen molar-refractivity contribution in [1.82, 2.24) is 0 Å². The molecule has 0 bridgehead atoms. The summed E-state index contributed by atoms with van der Waals surface area (Å²) in [5.74, 6) is 1.56. The van der Waals surface area contributed by atoms with Crippen molar-refractivity contribution in [3.05, 3.63) is 59.1 Å². The molecule has 0 amide bonds. The molecule has 0 unspecified atom stereocenters. The average Bonchev–Trinajstić information content (AvgIpc) is 2.33. The SMILES string of the molecule is Cl.NCc1ccc(Oc2ccc(Cl)cc2)cc1. The maximum Gasteiger partial charge on any atom is 0.127 e. The van der Waals surface area contributed by atoms with Crippen LogP contribution < -0.4 is 10.5 Å². The number of nitrogens with two attached hydrogens (primary N) is 1. The van der Waals surface area contributed by atoms with Gasteiger partial charge in [-0.15, -0.1) is 12.4 Å².